The fourth-order valence-electron chi connectivity index (χ4n) is 7.23. The van der Waals surface area contributed by atoms with E-state index in [1.54, 1.807) is 18.2 Å². The van der Waals surface area contributed by atoms with Crippen molar-refractivity contribution in [3.05, 3.63) is 77.4 Å². The topological polar surface area (TPSA) is 154 Å². The summed E-state index contributed by atoms with van der Waals surface area (Å²) in [4.78, 5) is 12.9. The highest BCUT2D eigenvalue weighted by Gasteiger charge is 2.44. The first-order valence-corrected chi connectivity index (χ1v) is 16.6. The Kier molecular flexibility index (Phi) is 11.4. The Hall–Kier alpha value is -3.79. The van der Waals surface area contributed by atoms with Gasteiger partial charge in [0.1, 0.15) is 18.6 Å². The summed E-state index contributed by atoms with van der Waals surface area (Å²) in [7, 11) is 0. The number of hydrogen-bond acceptors (Lipinski definition) is 9. The molecule has 0 bridgehead atoms. The highest BCUT2D eigenvalue weighted by molar-refractivity contribution is 5.79. The number of rotatable bonds is 15. The van der Waals surface area contributed by atoms with Gasteiger partial charge in [-0.05, 0) is 98.4 Å². The predicted molar refractivity (Wildman–Crippen MR) is 176 cm³/mol. The first-order chi connectivity index (χ1) is 22.3. The maximum atomic E-state index is 12.9. The molecule has 3 unspecified atom stereocenters. The number of nitrogens with two attached hydrogens (primary N) is 1. The smallest absolute Gasteiger partial charge is 0.200 e. The number of phenolic OH excluding ortho intramolecular Hbond substituents is 3. The second kappa shape index (κ2) is 15.7. The quantitative estimate of drug-likeness (QED) is 0.0947. The lowest BCUT2D eigenvalue weighted by Crippen LogP contribution is -2.50. The van der Waals surface area contributed by atoms with E-state index in [1.165, 1.54) is 6.07 Å². The van der Waals surface area contributed by atoms with E-state index in [0.29, 0.717) is 19.3 Å². The molecule has 3 aromatic rings. The molecule has 1 saturated carbocycles. The zero-order valence-corrected chi connectivity index (χ0v) is 26.5. The van der Waals surface area contributed by atoms with Gasteiger partial charge in [-0.2, -0.15) is 0 Å². The molecule has 0 radical (unpaired) electrons. The second-order valence-electron chi connectivity index (χ2n) is 13.0. The van der Waals surface area contributed by atoms with E-state index in [1.807, 2.05) is 24.3 Å². The van der Waals surface area contributed by atoms with E-state index in [2.05, 4.69) is 17.4 Å². The fourth-order valence-corrected chi connectivity index (χ4v) is 7.23. The highest BCUT2D eigenvalue weighted by atomic mass is 16.5. The van der Waals surface area contributed by atoms with Gasteiger partial charge < -0.3 is 35.2 Å². The number of aliphatic hydroxyl groups excluding tert-OH is 1. The van der Waals surface area contributed by atoms with E-state index < -0.39 is 6.10 Å². The zero-order valence-electron chi connectivity index (χ0n) is 26.5. The van der Waals surface area contributed by atoms with Crippen LogP contribution in [0.5, 0.6) is 28.7 Å². The summed E-state index contributed by atoms with van der Waals surface area (Å²) in [5.41, 5.74) is 8.20. The number of aromatic hydroxyl groups is 3. The monoisotopic (exact) mass is 632 g/mol. The van der Waals surface area contributed by atoms with E-state index in [4.69, 9.17) is 15.2 Å². The Balaban J connectivity index is 1.29. The van der Waals surface area contributed by atoms with Crippen LogP contribution in [0, 0.1) is 5.41 Å². The third kappa shape index (κ3) is 8.51. The van der Waals surface area contributed by atoms with E-state index >= 15 is 0 Å². The van der Waals surface area contributed by atoms with Gasteiger partial charge in [-0.3, -0.25) is 10.5 Å². The Bertz CT molecular complexity index is 1440. The molecule has 1 heterocycles. The van der Waals surface area contributed by atoms with Gasteiger partial charge >= 0.3 is 0 Å². The summed E-state index contributed by atoms with van der Waals surface area (Å²) in [5, 5.41) is 46.3. The number of hydrogen-bond donors (Lipinski definition) is 6. The van der Waals surface area contributed by atoms with Crippen LogP contribution in [0.2, 0.25) is 0 Å². The van der Waals surface area contributed by atoms with Crippen LogP contribution < -0.4 is 20.5 Å². The summed E-state index contributed by atoms with van der Waals surface area (Å²) in [5.74, 6) is -0.248. The molecule has 9 heteroatoms. The highest BCUT2D eigenvalue weighted by Crippen LogP contribution is 2.47. The number of piperidine rings is 1. The van der Waals surface area contributed by atoms with Crippen molar-refractivity contribution in [3.63, 3.8) is 0 Å². The van der Waals surface area contributed by atoms with Crippen molar-refractivity contribution >= 4 is 5.78 Å². The minimum atomic E-state index is -0.893. The van der Waals surface area contributed by atoms with Crippen LogP contribution in [0.15, 0.2) is 60.7 Å². The van der Waals surface area contributed by atoms with Crippen molar-refractivity contribution in [1.82, 2.24) is 5.32 Å². The maximum absolute atomic E-state index is 12.9. The lowest BCUT2D eigenvalue weighted by molar-refractivity contribution is -0.121. The standard InChI is InChI=1S/C37H48N2O7/c38-24-45-33-18-26(10-13-31(33)42)9-12-29(40)22-30(41)19-27(11-8-25-6-2-1-3-7-25)28-20-32(43)36(44)34(21-28)46-35-14-17-39-23-37(35)15-4-5-16-37/h1-3,6-7,10,13,18,20-21,27,30,35,39,41-44H,4-5,8-9,11-12,14-17,19,22-24,38H2. The van der Waals surface area contributed by atoms with Gasteiger partial charge in [0.2, 0.25) is 5.75 Å². The molecule has 1 aliphatic carbocycles. The first-order valence-electron chi connectivity index (χ1n) is 16.6. The molecular formula is C37H48N2O7. The Labute approximate surface area is 271 Å². The summed E-state index contributed by atoms with van der Waals surface area (Å²) in [6, 6.07) is 18.4. The number of carbonyl (C=O) groups excluding carboxylic acids is 1. The summed E-state index contributed by atoms with van der Waals surface area (Å²) < 4.78 is 11.8. The molecule has 3 aromatic carbocycles. The van der Waals surface area contributed by atoms with Crippen LogP contribution in [0.1, 0.15) is 80.4 Å². The fraction of sp³-hybridized carbons (Fsp3) is 0.486. The zero-order chi connectivity index (χ0) is 32.5. The van der Waals surface area contributed by atoms with Gasteiger partial charge in [0, 0.05) is 24.8 Å². The number of ether oxygens (including phenoxy) is 2. The molecule has 1 aliphatic heterocycles. The third-order valence-corrected chi connectivity index (χ3v) is 9.76. The number of aliphatic hydroxyl groups is 1. The van der Waals surface area contributed by atoms with E-state index in [-0.39, 0.29) is 71.5 Å². The number of nitrogens with one attached hydrogen (secondary N) is 1. The molecule has 3 atom stereocenters. The molecule has 5 rings (SSSR count). The van der Waals surface area contributed by atoms with Crippen LogP contribution >= 0.6 is 0 Å². The molecule has 0 aromatic heterocycles. The Morgan fingerprint density at radius 3 is 2.50 bits per heavy atom. The lowest BCUT2D eigenvalue weighted by Gasteiger charge is -2.41. The van der Waals surface area contributed by atoms with Gasteiger partial charge in [-0.25, -0.2) is 0 Å². The van der Waals surface area contributed by atoms with Crippen LogP contribution in [0.4, 0.5) is 0 Å². The minimum Gasteiger partial charge on any atom is -0.504 e. The number of Topliss-reactive ketones (excluding diaryl/α,β-unsaturated/α-hetero) is 1. The molecule has 9 nitrogen and oxygen atoms in total. The average Bonchev–Trinajstić information content (AvgIpc) is 3.52. The number of ketones is 1. The lowest BCUT2D eigenvalue weighted by atomic mass is 9.76. The van der Waals surface area contributed by atoms with Gasteiger partial charge in [0.05, 0.1) is 6.10 Å². The van der Waals surface area contributed by atoms with Gasteiger partial charge in [-0.1, -0.05) is 49.2 Å². The van der Waals surface area contributed by atoms with Crippen molar-refractivity contribution < 1.29 is 34.7 Å². The average molecular weight is 633 g/mol. The van der Waals surface area contributed by atoms with Crippen molar-refractivity contribution in [2.24, 2.45) is 11.1 Å². The second-order valence-corrected chi connectivity index (χ2v) is 13.0. The summed E-state index contributed by atoms with van der Waals surface area (Å²) in [6.07, 6.45) is 6.75. The molecule has 2 aliphatic rings. The molecule has 1 saturated heterocycles. The Morgan fingerprint density at radius 2 is 1.74 bits per heavy atom. The normalized spacial score (nSPS) is 18.7. The van der Waals surface area contributed by atoms with Gasteiger partial charge in [-0.15, -0.1) is 0 Å². The van der Waals surface area contributed by atoms with Crippen molar-refractivity contribution in [2.75, 3.05) is 19.8 Å². The Morgan fingerprint density at radius 1 is 0.957 bits per heavy atom. The molecule has 1 spiro atoms. The van der Waals surface area contributed by atoms with Crippen molar-refractivity contribution in [3.8, 4) is 28.7 Å². The number of phenols is 3. The molecule has 7 N–H and O–H groups in total. The van der Waals surface area contributed by atoms with Crippen LogP contribution in [-0.4, -0.2) is 58.2 Å². The molecule has 46 heavy (non-hydrogen) atoms. The van der Waals surface area contributed by atoms with Gasteiger partial charge in [0.15, 0.2) is 23.0 Å². The summed E-state index contributed by atoms with van der Waals surface area (Å²) >= 11 is 0. The molecule has 0 amide bonds. The van der Waals surface area contributed by atoms with Gasteiger partial charge in [0.25, 0.3) is 0 Å². The van der Waals surface area contributed by atoms with Crippen LogP contribution in [0.25, 0.3) is 0 Å². The number of aryl methyl sites for hydroxylation is 2. The van der Waals surface area contributed by atoms with Crippen LogP contribution in [-0.2, 0) is 17.6 Å². The minimum absolute atomic E-state index is 0.00288. The largest absolute Gasteiger partial charge is 0.504 e. The molecular weight excluding hydrogens is 584 g/mol. The van der Waals surface area contributed by atoms with Crippen LogP contribution in [0.3, 0.4) is 0 Å². The third-order valence-electron chi connectivity index (χ3n) is 9.76. The first kappa shape index (κ1) is 33.6. The number of benzene rings is 3. The molecule has 2 fully saturated rings. The van der Waals surface area contributed by atoms with Crippen molar-refractivity contribution in [1.29, 1.82) is 0 Å². The van der Waals surface area contributed by atoms with E-state index in [0.717, 1.165) is 68.3 Å². The summed E-state index contributed by atoms with van der Waals surface area (Å²) in [6.45, 7) is 1.66. The SMILES string of the molecule is NCOc1cc(CCC(=O)CC(O)CC(CCc2ccccc2)c2cc(O)c(O)c(OC3CCNCC34CCCC4)c2)ccc1O. The van der Waals surface area contributed by atoms with E-state index in [9.17, 15) is 25.2 Å². The maximum Gasteiger partial charge on any atom is 0.200 e. The van der Waals surface area contributed by atoms with Crippen molar-refractivity contribution in [2.45, 2.75) is 88.8 Å². The number of carbonyl (C=O) groups is 1. The molecule has 248 valence electrons. The predicted octanol–water partition coefficient (Wildman–Crippen LogP) is 5.46.